The normalized spacial score (nSPS) is 18.4. The number of allylic oxidation sites excluding steroid dienone is 2. The van der Waals surface area contributed by atoms with Crippen LogP contribution in [0.25, 0.3) is 0 Å². The zero-order valence-electron chi connectivity index (χ0n) is 6.98. The van der Waals surface area contributed by atoms with Crippen molar-refractivity contribution in [2.75, 3.05) is 5.88 Å². The van der Waals surface area contributed by atoms with Gasteiger partial charge in [-0.05, 0) is 43.5 Å². The molecule has 0 heterocycles. The molecule has 0 fully saturated rings. The molecule has 0 saturated heterocycles. The zero-order valence-corrected chi connectivity index (χ0v) is 8.55. The van der Waals surface area contributed by atoms with Crippen LogP contribution >= 0.6 is 23.8 Å². The van der Waals surface area contributed by atoms with Gasteiger partial charge < -0.3 is 0 Å². The summed E-state index contributed by atoms with van der Waals surface area (Å²) >= 11 is 10.4. The molecule has 1 nitrogen and oxygen atoms in total. The third-order valence-corrected chi connectivity index (χ3v) is 2.56. The molecule has 1 aliphatic carbocycles. The number of alkyl halides is 1. The second-order valence-electron chi connectivity index (χ2n) is 2.95. The molecule has 0 aliphatic heterocycles. The Bertz CT molecular complexity index is 229. The molecule has 0 amide bonds. The number of thiocarbonyl (C=S) groups is 1. The monoisotopic (exact) mass is 201 g/mol. The highest BCUT2D eigenvalue weighted by Crippen LogP contribution is 2.24. The molecular weight excluding hydrogens is 190 g/mol. The lowest BCUT2D eigenvalue weighted by molar-refractivity contribution is 0.705. The predicted molar refractivity (Wildman–Crippen MR) is 55.9 cm³/mol. The third-order valence-electron chi connectivity index (χ3n) is 2.14. The van der Waals surface area contributed by atoms with Crippen LogP contribution in [0.5, 0.6) is 0 Å². The zero-order chi connectivity index (χ0) is 8.81. The van der Waals surface area contributed by atoms with Crippen molar-refractivity contribution < 1.29 is 0 Å². The molecule has 0 spiro atoms. The molecule has 0 radical (unpaired) electrons. The van der Waals surface area contributed by atoms with Crippen molar-refractivity contribution in [3.63, 3.8) is 0 Å². The summed E-state index contributed by atoms with van der Waals surface area (Å²) in [4.78, 5) is 4.06. The maximum atomic E-state index is 5.80. The first-order chi connectivity index (χ1) is 5.88. The Balaban J connectivity index is 2.81. The van der Waals surface area contributed by atoms with Crippen molar-refractivity contribution in [2.45, 2.75) is 32.1 Å². The van der Waals surface area contributed by atoms with Gasteiger partial charge in [0, 0.05) is 5.88 Å². The minimum atomic E-state index is 0.593. The minimum absolute atomic E-state index is 0.593. The van der Waals surface area contributed by atoms with Crippen LogP contribution < -0.4 is 0 Å². The van der Waals surface area contributed by atoms with Gasteiger partial charge in [-0.2, -0.15) is 4.99 Å². The van der Waals surface area contributed by atoms with E-state index in [0.29, 0.717) is 5.88 Å². The van der Waals surface area contributed by atoms with E-state index in [0.717, 1.165) is 18.5 Å². The average Bonchev–Trinajstić information content (AvgIpc) is 2.30. The summed E-state index contributed by atoms with van der Waals surface area (Å²) in [7, 11) is 0. The van der Waals surface area contributed by atoms with Crippen LogP contribution in [0.2, 0.25) is 0 Å². The van der Waals surface area contributed by atoms with Crippen molar-refractivity contribution in [1.82, 2.24) is 0 Å². The highest BCUT2D eigenvalue weighted by atomic mass is 35.5. The van der Waals surface area contributed by atoms with E-state index in [-0.39, 0.29) is 0 Å². The molecule has 0 bridgehead atoms. The van der Waals surface area contributed by atoms with Gasteiger partial charge in [0.25, 0.3) is 0 Å². The summed E-state index contributed by atoms with van der Waals surface area (Å²) in [5.74, 6) is 0.593. The first-order valence-electron chi connectivity index (χ1n) is 4.23. The Morgan fingerprint density at radius 2 is 2.08 bits per heavy atom. The molecule has 12 heavy (non-hydrogen) atoms. The summed E-state index contributed by atoms with van der Waals surface area (Å²) in [6.45, 7) is 0. The molecule has 1 aliphatic rings. The topological polar surface area (TPSA) is 12.4 Å². The van der Waals surface area contributed by atoms with Crippen molar-refractivity contribution in [3.05, 3.63) is 11.3 Å². The summed E-state index contributed by atoms with van der Waals surface area (Å²) in [5.41, 5.74) is 2.34. The fourth-order valence-electron chi connectivity index (χ4n) is 1.46. The Kier molecular flexibility index (Phi) is 4.52. The number of hydrogen-bond donors (Lipinski definition) is 0. The number of halogens is 1. The van der Waals surface area contributed by atoms with Gasteiger partial charge in [-0.3, -0.25) is 0 Å². The van der Waals surface area contributed by atoms with E-state index in [1.165, 1.54) is 24.8 Å². The first-order valence-corrected chi connectivity index (χ1v) is 5.17. The summed E-state index contributed by atoms with van der Waals surface area (Å²) < 4.78 is 0. The number of aliphatic imine (C=N–C) groups is 1. The van der Waals surface area contributed by atoms with Gasteiger partial charge >= 0.3 is 0 Å². The van der Waals surface area contributed by atoms with Gasteiger partial charge in [-0.15, -0.1) is 11.6 Å². The Morgan fingerprint density at radius 1 is 1.33 bits per heavy atom. The second-order valence-corrected chi connectivity index (χ2v) is 3.40. The van der Waals surface area contributed by atoms with Crippen LogP contribution in [0.3, 0.4) is 0 Å². The largest absolute Gasteiger partial charge is 0.199 e. The molecule has 0 unspecified atom stereocenters. The molecule has 0 saturated carbocycles. The maximum Gasteiger partial charge on any atom is 0.0637 e. The fraction of sp³-hybridized carbons (Fsp3) is 0.667. The summed E-state index contributed by atoms with van der Waals surface area (Å²) in [6, 6.07) is 0. The fourth-order valence-corrected chi connectivity index (χ4v) is 1.86. The van der Waals surface area contributed by atoms with Crippen LogP contribution in [0.15, 0.2) is 16.3 Å². The van der Waals surface area contributed by atoms with E-state index in [4.69, 9.17) is 11.6 Å². The molecule has 3 heteroatoms. The predicted octanol–water partition coefficient (Wildman–Crippen LogP) is 3.55. The van der Waals surface area contributed by atoms with Crippen molar-refractivity contribution in [3.8, 4) is 0 Å². The van der Waals surface area contributed by atoms with Crippen LogP contribution in [0, 0.1) is 0 Å². The van der Waals surface area contributed by atoms with Crippen LogP contribution in [-0.2, 0) is 0 Å². The van der Waals surface area contributed by atoms with Gasteiger partial charge in [0.05, 0.1) is 10.9 Å². The van der Waals surface area contributed by atoms with Crippen molar-refractivity contribution in [1.29, 1.82) is 0 Å². The summed E-state index contributed by atoms with van der Waals surface area (Å²) in [5, 5.41) is 2.42. The van der Waals surface area contributed by atoms with Crippen LogP contribution in [0.1, 0.15) is 32.1 Å². The van der Waals surface area contributed by atoms with E-state index in [1.807, 2.05) is 0 Å². The van der Waals surface area contributed by atoms with Gasteiger partial charge in [0.15, 0.2) is 0 Å². The Morgan fingerprint density at radius 3 is 2.75 bits per heavy atom. The van der Waals surface area contributed by atoms with E-state index in [2.05, 4.69) is 22.4 Å². The molecule has 0 aromatic heterocycles. The number of rotatable bonds is 2. The van der Waals surface area contributed by atoms with Gasteiger partial charge in [0.2, 0.25) is 0 Å². The summed E-state index contributed by atoms with van der Waals surface area (Å²) in [6.07, 6.45) is 5.82. The quantitative estimate of drug-likeness (QED) is 0.378. The molecule has 0 aromatic carbocycles. The molecule has 1 rings (SSSR count). The smallest absolute Gasteiger partial charge is 0.0637 e. The first kappa shape index (κ1) is 9.91. The van der Waals surface area contributed by atoms with Gasteiger partial charge in [-0.1, -0.05) is 6.42 Å². The van der Waals surface area contributed by atoms with Crippen molar-refractivity contribution in [2.24, 2.45) is 4.99 Å². The van der Waals surface area contributed by atoms with E-state index in [9.17, 15) is 0 Å². The number of hydrogen-bond acceptors (Lipinski definition) is 2. The second kappa shape index (κ2) is 5.47. The highest BCUT2D eigenvalue weighted by Gasteiger charge is 2.09. The van der Waals surface area contributed by atoms with E-state index in [1.54, 1.807) is 0 Å². The number of isothiocyanates is 1. The standard InChI is InChI=1S/C9H12ClNS/c10-6-8-4-2-1-3-5-9(8)11-7-12/h1-6H2. The van der Waals surface area contributed by atoms with Crippen LogP contribution in [-0.4, -0.2) is 11.0 Å². The number of nitrogens with zero attached hydrogens (tertiary/aromatic N) is 1. The maximum absolute atomic E-state index is 5.80. The molecular formula is C9H12ClNS. The van der Waals surface area contributed by atoms with Gasteiger partial charge in [0.1, 0.15) is 0 Å². The van der Waals surface area contributed by atoms with E-state index < -0.39 is 0 Å². The SMILES string of the molecule is S=C=NC1=C(CCl)CCCCC1. The molecule has 66 valence electrons. The molecule has 0 atom stereocenters. The molecule has 0 aromatic rings. The third kappa shape index (κ3) is 2.71. The van der Waals surface area contributed by atoms with Crippen LogP contribution in [0.4, 0.5) is 0 Å². The Hall–Kier alpha value is -0.170. The lowest BCUT2D eigenvalue weighted by Crippen LogP contribution is -1.89. The lowest BCUT2D eigenvalue weighted by atomic mass is 10.1. The van der Waals surface area contributed by atoms with Crippen molar-refractivity contribution >= 4 is 29.0 Å². The average molecular weight is 202 g/mol. The highest BCUT2D eigenvalue weighted by molar-refractivity contribution is 7.78. The Labute approximate surface area is 83.5 Å². The minimum Gasteiger partial charge on any atom is -0.199 e. The van der Waals surface area contributed by atoms with E-state index >= 15 is 0 Å². The van der Waals surface area contributed by atoms with Gasteiger partial charge in [-0.25, -0.2) is 0 Å². The molecule has 0 N–H and O–H groups in total. The lowest BCUT2D eigenvalue weighted by Gasteiger charge is -2.02.